The molecule has 0 aliphatic heterocycles. The molecule has 0 radical (unpaired) electrons. The van der Waals surface area contributed by atoms with Gasteiger partial charge >= 0.3 is 0 Å². The predicted molar refractivity (Wildman–Crippen MR) is 67.9 cm³/mol. The Bertz CT molecular complexity index is 489. The molecule has 2 heterocycles. The summed E-state index contributed by atoms with van der Waals surface area (Å²) in [6, 6.07) is -0.0766. The fourth-order valence-corrected chi connectivity index (χ4v) is 2.92. The highest BCUT2D eigenvalue weighted by Crippen LogP contribution is 2.32. The number of halogens is 1. The van der Waals surface area contributed by atoms with E-state index in [9.17, 15) is 0 Å². The van der Waals surface area contributed by atoms with Crippen LogP contribution in [-0.4, -0.2) is 9.55 Å². The summed E-state index contributed by atoms with van der Waals surface area (Å²) < 4.78 is 1.98. The van der Waals surface area contributed by atoms with Crippen LogP contribution in [-0.2, 0) is 13.5 Å². The second-order valence-corrected chi connectivity index (χ2v) is 5.15. The summed E-state index contributed by atoms with van der Waals surface area (Å²) in [6.45, 7) is 2.00. The van der Waals surface area contributed by atoms with E-state index in [-0.39, 0.29) is 6.04 Å². The predicted octanol–water partition coefficient (Wildman–Crippen LogP) is 2.69. The summed E-state index contributed by atoms with van der Waals surface area (Å²) in [5.41, 5.74) is 7.24. The van der Waals surface area contributed by atoms with E-state index < -0.39 is 0 Å². The highest BCUT2D eigenvalue weighted by molar-refractivity contribution is 7.10. The number of aromatic nitrogens is 2. The molecule has 86 valence electrons. The summed E-state index contributed by atoms with van der Waals surface area (Å²) in [5.74, 6) is 0.981. The van der Waals surface area contributed by atoms with Gasteiger partial charge in [0.15, 0.2) is 0 Å². The minimum absolute atomic E-state index is 0.0766. The zero-order valence-corrected chi connectivity index (χ0v) is 10.8. The van der Waals surface area contributed by atoms with Gasteiger partial charge in [0.05, 0.1) is 5.02 Å². The van der Waals surface area contributed by atoms with Gasteiger partial charge in [-0.2, -0.15) is 0 Å². The lowest BCUT2D eigenvalue weighted by Gasteiger charge is -2.10. The lowest BCUT2D eigenvalue weighted by Crippen LogP contribution is -2.15. The van der Waals surface area contributed by atoms with Gasteiger partial charge in [0, 0.05) is 36.8 Å². The third-order valence-electron chi connectivity index (χ3n) is 2.59. The van der Waals surface area contributed by atoms with Gasteiger partial charge < -0.3 is 10.3 Å². The quantitative estimate of drug-likeness (QED) is 0.917. The zero-order valence-electron chi connectivity index (χ0n) is 9.27. The first kappa shape index (κ1) is 11.6. The van der Waals surface area contributed by atoms with Crippen molar-refractivity contribution in [1.29, 1.82) is 0 Å². The normalized spacial score (nSPS) is 13.0. The molecule has 0 aliphatic rings. The summed E-state index contributed by atoms with van der Waals surface area (Å²) in [5, 5.41) is 2.84. The summed E-state index contributed by atoms with van der Waals surface area (Å²) in [7, 11) is 1.97. The molecule has 3 nitrogen and oxygen atoms in total. The number of aryl methyl sites for hydroxylation is 2. The molecule has 2 aromatic heterocycles. The first-order chi connectivity index (χ1) is 7.59. The van der Waals surface area contributed by atoms with Gasteiger partial charge in [0.1, 0.15) is 5.82 Å². The molecule has 0 saturated carbocycles. The molecule has 0 fully saturated rings. The minimum atomic E-state index is -0.0766. The molecular weight excluding hydrogens is 242 g/mol. The van der Waals surface area contributed by atoms with Crippen molar-refractivity contribution in [2.75, 3.05) is 0 Å². The molecular formula is C11H14ClN3S. The van der Waals surface area contributed by atoms with Crippen molar-refractivity contribution in [2.24, 2.45) is 12.8 Å². The molecule has 1 unspecified atom stereocenters. The smallest absolute Gasteiger partial charge is 0.110 e. The number of thiophene rings is 1. The van der Waals surface area contributed by atoms with Crippen LogP contribution in [0.1, 0.15) is 22.3 Å². The molecule has 2 N–H and O–H groups in total. The summed E-state index contributed by atoms with van der Waals surface area (Å²) in [4.78, 5) is 5.31. The van der Waals surface area contributed by atoms with Crippen LogP contribution in [0.25, 0.3) is 0 Å². The molecule has 16 heavy (non-hydrogen) atoms. The number of nitrogens with zero attached hydrogens (tertiary/aromatic N) is 2. The molecule has 0 bridgehead atoms. The third kappa shape index (κ3) is 2.14. The Morgan fingerprint density at radius 3 is 2.88 bits per heavy atom. The van der Waals surface area contributed by atoms with E-state index in [0.29, 0.717) is 6.42 Å². The van der Waals surface area contributed by atoms with Gasteiger partial charge in [0.25, 0.3) is 0 Å². The second kappa shape index (κ2) is 4.57. The van der Waals surface area contributed by atoms with E-state index in [0.717, 1.165) is 21.3 Å². The van der Waals surface area contributed by atoms with Gasteiger partial charge in [-0.05, 0) is 17.9 Å². The molecule has 0 aliphatic carbocycles. The van der Waals surface area contributed by atoms with Crippen molar-refractivity contribution in [3.8, 4) is 0 Å². The van der Waals surface area contributed by atoms with Gasteiger partial charge in [-0.25, -0.2) is 4.98 Å². The van der Waals surface area contributed by atoms with Crippen LogP contribution >= 0.6 is 22.9 Å². The fourth-order valence-electron chi connectivity index (χ4n) is 1.58. The Morgan fingerprint density at radius 1 is 1.62 bits per heavy atom. The Hall–Kier alpha value is -0.840. The van der Waals surface area contributed by atoms with E-state index >= 15 is 0 Å². The summed E-state index contributed by atoms with van der Waals surface area (Å²) >= 11 is 7.80. The van der Waals surface area contributed by atoms with Crippen molar-refractivity contribution in [2.45, 2.75) is 19.4 Å². The van der Waals surface area contributed by atoms with Crippen LogP contribution in [0.2, 0.25) is 5.02 Å². The topological polar surface area (TPSA) is 43.8 Å². The molecule has 0 saturated heterocycles. The van der Waals surface area contributed by atoms with Crippen LogP contribution in [0.5, 0.6) is 0 Å². The molecule has 5 heteroatoms. The van der Waals surface area contributed by atoms with Crippen LogP contribution in [0.4, 0.5) is 0 Å². The number of hydrogen-bond donors (Lipinski definition) is 1. The van der Waals surface area contributed by atoms with Crippen molar-refractivity contribution in [3.05, 3.63) is 39.1 Å². The number of rotatable bonds is 3. The maximum atomic E-state index is 6.19. The van der Waals surface area contributed by atoms with Crippen molar-refractivity contribution in [3.63, 3.8) is 0 Å². The number of imidazole rings is 1. The Balaban J connectivity index is 2.18. The molecule has 0 amide bonds. The van der Waals surface area contributed by atoms with E-state index in [1.54, 1.807) is 17.5 Å². The van der Waals surface area contributed by atoms with Crippen LogP contribution in [0.15, 0.2) is 17.8 Å². The van der Waals surface area contributed by atoms with Gasteiger partial charge in [0.2, 0.25) is 0 Å². The van der Waals surface area contributed by atoms with E-state index in [1.165, 1.54) is 0 Å². The molecule has 0 aromatic carbocycles. The lowest BCUT2D eigenvalue weighted by atomic mass is 10.1. The third-order valence-corrected chi connectivity index (χ3v) is 4.43. The van der Waals surface area contributed by atoms with E-state index in [1.807, 2.05) is 30.1 Å². The van der Waals surface area contributed by atoms with Gasteiger partial charge in [-0.1, -0.05) is 11.6 Å². The number of hydrogen-bond acceptors (Lipinski definition) is 3. The first-order valence-electron chi connectivity index (χ1n) is 5.05. The monoisotopic (exact) mass is 255 g/mol. The fraction of sp³-hybridized carbons (Fsp3) is 0.364. The second-order valence-electron chi connectivity index (χ2n) is 3.86. The van der Waals surface area contributed by atoms with Crippen LogP contribution in [0.3, 0.4) is 0 Å². The van der Waals surface area contributed by atoms with E-state index in [4.69, 9.17) is 17.3 Å². The maximum Gasteiger partial charge on any atom is 0.110 e. The largest absolute Gasteiger partial charge is 0.338 e. The lowest BCUT2D eigenvalue weighted by molar-refractivity contribution is 0.668. The average molecular weight is 256 g/mol. The minimum Gasteiger partial charge on any atom is -0.338 e. The maximum absolute atomic E-state index is 6.19. The number of nitrogens with two attached hydrogens (primary N) is 1. The molecule has 1 atom stereocenters. The first-order valence-corrected chi connectivity index (χ1v) is 6.30. The summed E-state index contributed by atoms with van der Waals surface area (Å²) in [6.07, 6.45) is 4.41. The highest BCUT2D eigenvalue weighted by Gasteiger charge is 2.16. The standard InChI is InChI=1S/C11H14ClN3S/c1-7-6-16-11(10(7)12)8(13)5-9-14-3-4-15(9)2/h3-4,6,8H,5,13H2,1-2H3. The van der Waals surface area contributed by atoms with Crippen molar-refractivity contribution >= 4 is 22.9 Å². The molecule has 2 aromatic rings. The van der Waals surface area contributed by atoms with Crippen molar-refractivity contribution in [1.82, 2.24) is 9.55 Å². The SMILES string of the molecule is Cc1csc(C(N)Cc2nccn2C)c1Cl. The van der Waals surface area contributed by atoms with Gasteiger partial charge in [-0.15, -0.1) is 11.3 Å². The van der Waals surface area contributed by atoms with E-state index in [2.05, 4.69) is 4.98 Å². The molecule has 0 spiro atoms. The van der Waals surface area contributed by atoms with Crippen LogP contribution in [0, 0.1) is 6.92 Å². The Morgan fingerprint density at radius 2 is 2.38 bits per heavy atom. The average Bonchev–Trinajstić information content (AvgIpc) is 2.77. The molecule has 2 rings (SSSR count). The Kier molecular flexibility index (Phi) is 3.33. The van der Waals surface area contributed by atoms with Crippen molar-refractivity contribution < 1.29 is 0 Å². The van der Waals surface area contributed by atoms with Crippen LogP contribution < -0.4 is 5.73 Å². The highest BCUT2D eigenvalue weighted by atomic mass is 35.5. The van der Waals surface area contributed by atoms with Gasteiger partial charge in [-0.3, -0.25) is 0 Å². The zero-order chi connectivity index (χ0) is 11.7. The Labute approximate surface area is 104 Å².